The van der Waals surface area contributed by atoms with Crippen LogP contribution in [0.3, 0.4) is 0 Å². The fraction of sp³-hybridized carbons (Fsp3) is 0.769. The molecule has 1 aromatic rings. The molecule has 1 atom stereocenters. The maximum absolute atomic E-state index is 4.51. The normalized spacial score (nSPS) is 21.9. The zero-order chi connectivity index (χ0) is 12.3. The van der Waals surface area contributed by atoms with E-state index in [1.807, 2.05) is 11.3 Å². The first-order valence-corrected chi connectivity index (χ1v) is 7.30. The average molecular weight is 253 g/mol. The van der Waals surface area contributed by atoms with E-state index in [2.05, 4.69) is 36.1 Å². The number of rotatable bonds is 4. The third-order valence-corrected chi connectivity index (χ3v) is 4.52. The van der Waals surface area contributed by atoms with Gasteiger partial charge in [-0.3, -0.25) is 4.90 Å². The lowest BCUT2D eigenvalue weighted by molar-refractivity contribution is 0.168. The molecular weight excluding hydrogens is 230 g/mol. The molecule has 1 aliphatic rings. The Morgan fingerprint density at radius 3 is 2.94 bits per heavy atom. The second-order valence-electron chi connectivity index (χ2n) is 5.04. The number of nitrogens with zero attached hydrogens (tertiary/aromatic N) is 2. The molecule has 3 nitrogen and oxygen atoms in total. The average Bonchev–Trinajstić information content (AvgIpc) is 2.58. The van der Waals surface area contributed by atoms with Crippen LogP contribution >= 0.6 is 11.3 Å². The molecule has 1 aromatic heterocycles. The smallest absolute Gasteiger partial charge is 0.0900 e. The Kier molecular flexibility index (Phi) is 4.54. The number of hydrogen-bond acceptors (Lipinski definition) is 4. The topological polar surface area (TPSA) is 28.2 Å². The number of aromatic nitrogens is 1. The highest BCUT2D eigenvalue weighted by molar-refractivity contribution is 7.11. The summed E-state index contributed by atoms with van der Waals surface area (Å²) in [5, 5.41) is 4.50. The molecule has 2 heterocycles. The largest absolute Gasteiger partial charge is 0.319 e. The molecule has 1 aliphatic heterocycles. The van der Waals surface area contributed by atoms with Gasteiger partial charge in [0.25, 0.3) is 0 Å². The fourth-order valence-electron chi connectivity index (χ4n) is 2.67. The minimum absolute atomic E-state index is 0.822. The van der Waals surface area contributed by atoms with Crippen LogP contribution < -0.4 is 5.32 Å². The second kappa shape index (κ2) is 5.94. The SMILES string of the molecule is CNCC1CCCN(Cc2sc(C)nc2C)C1. The molecule has 17 heavy (non-hydrogen) atoms. The van der Waals surface area contributed by atoms with E-state index in [1.165, 1.54) is 41.5 Å². The van der Waals surface area contributed by atoms with Gasteiger partial charge in [0, 0.05) is 18.0 Å². The number of hydrogen-bond donors (Lipinski definition) is 1. The van der Waals surface area contributed by atoms with E-state index in [1.54, 1.807) is 0 Å². The van der Waals surface area contributed by atoms with Crippen molar-refractivity contribution in [1.29, 1.82) is 0 Å². The lowest BCUT2D eigenvalue weighted by atomic mass is 9.98. The lowest BCUT2D eigenvalue weighted by Gasteiger charge is -2.32. The van der Waals surface area contributed by atoms with E-state index in [4.69, 9.17) is 0 Å². The number of aryl methyl sites for hydroxylation is 2. The van der Waals surface area contributed by atoms with Crippen LogP contribution in [0.5, 0.6) is 0 Å². The molecule has 4 heteroatoms. The molecule has 2 rings (SSSR count). The van der Waals surface area contributed by atoms with Crippen molar-refractivity contribution in [3.63, 3.8) is 0 Å². The van der Waals surface area contributed by atoms with Crippen molar-refractivity contribution in [2.75, 3.05) is 26.7 Å². The van der Waals surface area contributed by atoms with Crippen molar-refractivity contribution in [1.82, 2.24) is 15.2 Å². The molecule has 0 radical (unpaired) electrons. The van der Waals surface area contributed by atoms with Crippen molar-refractivity contribution >= 4 is 11.3 Å². The van der Waals surface area contributed by atoms with Gasteiger partial charge in [-0.15, -0.1) is 11.3 Å². The quantitative estimate of drug-likeness (QED) is 0.891. The Bertz CT molecular complexity index is 360. The second-order valence-corrected chi connectivity index (χ2v) is 6.33. The van der Waals surface area contributed by atoms with Crippen LogP contribution in [0.2, 0.25) is 0 Å². The fourth-order valence-corrected chi connectivity index (χ4v) is 3.65. The summed E-state index contributed by atoms with van der Waals surface area (Å²) in [6.07, 6.45) is 2.71. The van der Waals surface area contributed by atoms with Gasteiger partial charge >= 0.3 is 0 Å². The van der Waals surface area contributed by atoms with Crippen LogP contribution in [0, 0.1) is 19.8 Å². The Morgan fingerprint density at radius 2 is 2.29 bits per heavy atom. The summed E-state index contributed by atoms with van der Waals surface area (Å²) in [5.74, 6) is 0.822. The zero-order valence-electron chi connectivity index (χ0n) is 11.1. The van der Waals surface area contributed by atoms with E-state index < -0.39 is 0 Å². The van der Waals surface area contributed by atoms with Crippen LogP contribution in [0.15, 0.2) is 0 Å². The van der Waals surface area contributed by atoms with Gasteiger partial charge in [-0.2, -0.15) is 0 Å². The minimum atomic E-state index is 0.822. The van der Waals surface area contributed by atoms with Gasteiger partial charge in [0.05, 0.1) is 10.7 Å². The summed E-state index contributed by atoms with van der Waals surface area (Å²) >= 11 is 1.85. The molecule has 1 unspecified atom stereocenters. The van der Waals surface area contributed by atoms with Crippen LogP contribution in [-0.4, -0.2) is 36.6 Å². The van der Waals surface area contributed by atoms with Crippen molar-refractivity contribution in [2.45, 2.75) is 33.2 Å². The van der Waals surface area contributed by atoms with Crippen molar-refractivity contribution < 1.29 is 0 Å². The third-order valence-electron chi connectivity index (χ3n) is 3.46. The number of nitrogens with one attached hydrogen (secondary N) is 1. The highest BCUT2D eigenvalue weighted by atomic mass is 32.1. The Balaban J connectivity index is 1.92. The summed E-state index contributed by atoms with van der Waals surface area (Å²) in [6.45, 7) is 8.96. The molecular formula is C13H23N3S. The standard InChI is InChI=1S/C13H23N3S/c1-10-13(17-11(2)15-10)9-16-6-4-5-12(8-16)7-14-3/h12,14H,4-9H2,1-3H3. The molecule has 0 aliphatic carbocycles. The first kappa shape index (κ1) is 13.0. The minimum Gasteiger partial charge on any atom is -0.319 e. The van der Waals surface area contributed by atoms with Gasteiger partial charge in [-0.25, -0.2) is 4.98 Å². The first-order valence-electron chi connectivity index (χ1n) is 6.49. The molecule has 1 fully saturated rings. The zero-order valence-corrected chi connectivity index (χ0v) is 11.9. The Hall–Kier alpha value is -0.450. The number of piperidine rings is 1. The van der Waals surface area contributed by atoms with Crippen molar-refractivity contribution in [3.8, 4) is 0 Å². The maximum atomic E-state index is 4.51. The molecule has 0 saturated carbocycles. The first-order chi connectivity index (χ1) is 8.19. The summed E-state index contributed by atoms with van der Waals surface area (Å²) in [4.78, 5) is 8.55. The maximum Gasteiger partial charge on any atom is 0.0900 e. The van der Waals surface area contributed by atoms with Crippen LogP contribution in [0.1, 0.15) is 28.4 Å². The Morgan fingerprint density at radius 1 is 1.47 bits per heavy atom. The highest BCUT2D eigenvalue weighted by Crippen LogP contribution is 2.23. The molecule has 0 amide bonds. The van der Waals surface area contributed by atoms with E-state index in [0.29, 0.717) is 0 Å². The number of thiazole rings is 1. The van der Waals surface area contributed by atoms with Crippen molar-refractivity contribution in [2.24, 2.45) is 5.92 Å². The van der Waals surface area contributed by atoms with Crippen LogP contribution in [-0.2, 0) is 6.54 Å². The van der Waals surface area contributed by atoms with Crippen LogP contribution in [0.4, 0.5) is 0 Å². The lowest BCUT2D eigenvalue weighted by Crippen LogP contribution is -2.38. The van der Waals surface area contributed by atoms with Gasteiger partial charge in [0.1, 0.15) is 0 Å². The summed E-state index contributed by atoms with van der Waals surface area (Å²) in [6, 6.07) is 0. The predicted molar refractivity (Wildman–Crippen MR) is 73.5 cm³/mol. The van der Waals surface area contributed by atoms with E-state index in [-0.39, 0.29) is 0 Å². The van der Waals surface area contributed by atoms with E-state index in [9.17, 15) is 0 Å². The summed E-state index contributed by atoms with van der Waals surface area (Å²) in [5.41, 5.74) is 1.23. The van der Waals surface area contributed by atoms with E-state index in [0.717, 1.165) is 19.0 Å². The third kappa shape index (κ3) is 3.50. The molecule has 0 spiro atoms. The van der Waals surface area contributed by atoms with Gasteiger partial charge < -0.3 is 5.32 Å². The predicted octanol–water partition coefficient (Wildman–Crippen LogP) is 2.19. The van der Waals surface area contributed by atoms with Gasteiger partial charge in [0.2, 0.25) is 0 Å². The highest BCUT2D eigenvalue weighted by Gasteiger charge is 2.20. The van der Waals surface area contributed by atoms with E-state index >= 15 is 0 Å². The monoisotopic (exact) mass is 253 g/mol. The Labute approximate surface area is 108 Å². The van der Waals surface area contributed by atoms with Crippen LogP contribution in [0.25, 0.3) is 0 Å². The summed E-state index contributed by atoms with van der Waals surface area (Å²) < 4.78 is 0. The summed E-state index contributed by atoms with van der Waals surface area (Å²) in [7, 11) is 2.05. The van der Waals surface area contributed by atoms with Crippen molar-refractivity contribution in [3.05, 3.63) is 15.6 Å². The van der Waals surface area contributed by atoms with Gasteiger partial charge in [0.15, 0.2) is 0 Å². The molecule has 0 bridgehead atoms. The number of likely N-dealkylation sites (tertiary alicyclic amines) is 1. The molecule has 0 aromatic carbocycles. The van der Waals surface area contributed by atoms with Gasteiger partial charge in [-0.05, 0) is 52.7 Å². The van der Waals surface area contributed by atoms with Gasteiger partial charge in [-0.1, -0.05) is 0 Å². The molecule has 96 valence electrons. The molecule has 1 saturated heterocycles. The molecule has 1 N–H and O–H groups in total.